The molecule has 2 heterocycles. The van der Waals surface area contributed by atoms with E-state index in [1.807, 2.05) is 0 Å². The normalized spacial score (nSPS) is 15.2. The molecule has 4 nitrogen and oxygen atoms in total. The number of thiol groups is 1. The molecule has 1 saturated heterocycles. The van der Waals surface area contributed by atoms with Crippen molar-refractivity contribution in [2.24, 2.45) is 0 Å². The summed E-state index contributed by atoms with van der Waals surface area (Å²) in [4.78, 5) is 14.1. The lowest BCUT2D eigenvalue weighted by atomic mass is 10.3. The molecule has 2 rings (SSSR count). The minimum absolute atomic E-state index is 0.0719. The summed E-state index contributed by atoms with van der Waals surface area (Å²) in [5, 5.41) is 4.18. The average Bonchev–Trinajstić information content (AvgIpc) is 2.85. The fraction of sp³-hybridized carbons (Fsp3) is 0.500. The Morgan fingerprint density at radius 3 is 2.76 bits per heavy atom. The summed E-state index contributed by atoms with van der Waals surface area (Å²) in [6.07, 6.45) is 4.15. The molecule has 0 atom stereocenters. The number of hydrogen-bond donors (Lipinski definition) is 1. The minimum atomic E-state index is -0.0719. The van der Waals surface area contributed by atoms with E-state index in [1.165, 1.54) is 17.5 Å². The zero-order chi connectivity index (χ0) is 12.3. The predicted octanol–water partition coefficient (Wildman–Crippen LogP) is 1.33. The molecular weight excluding hydrogens is 234 g/mol. The number of nitrogens with zero attached hydrogens (tertiary/aromatic N) is 3. The van der Waals surface area contributed by atoms with E-state index in [1.54, 1.807) is 12.3 Å². The van der Waals surface area contributed by atoms with Gasteiger partial charge in [0.25, 0.3) is 5.56 Å². The van der Waals surface area contributed by atoms with Crippen LogP contribution in [0, 0.1) is 0 Å². The van der Waals surface area contributed by atoms with Gasteiger partial charge >= 0.3 is 0 Å². The van der Waals surface area contributed by atoms with Crippen LogP contribution >= 0.6 is 12.6 Å². The van der Waals surface area contributed by atoms with Crippen molar-refractivity contribution in [3.8, 4) is 0 Å². The maximum absolute atomic E-state index is 11.9. The second-order valence-electron chi connectivity index (χ2n) is 4.31. The van der Waals surface area contributed by atoms with Crippen LogP contribution in [-0.2, 0) is 6.54 Å². The van der Waals surface area contributed by atoms with Crippen molar-refractivity contribution in [3.05, 3.63) is 34.8 Å². The number of aromatic nitrogens is 2. The topological polar surface area (TPSA) is 38.1 Å². The van der Waals surface area contributed by atoms with Crippen LogP contribution in [0.5, 0.6) is 0 Å². The molecule has 5 heteroatoms. The first kappa shape index (κ1) is 12.2. The maximum atomic E-state index is 11.9. The van der Waals surface area contributed by atoms with E-state index < -0.39 is 0 Å². The lowest BCUT2D eigenvalue weighted by molar-refractivity contribution is 0.632. The molecule has 0 aliphatic carbocycles. The Hall–Kier alpha value is -1.23. The molecule has 0 unspecified atom stereocenters. The van der Waals surface area contributed by atoms with Gasteiger partial charge in [0, 0.05) is 24.9 Å². The Kier molecular flexibility index (Phi) is 3.89. The first-order valence-corrected chi connectivity index (χ1v) is 6.43. The highest BCUT2D eigenvalue weighted by atomic mass is 32.1. The number of anilines is 1. The Morgan fingerprint density at radius 1 is 1.47 bits per heavy atom. The highest BCUT2D eigenvalue weighted by Crippen LogP contribution is 2.16. The number of rotatable bonds is 4. The van der Waals surface area contributed by atoms with E-state index in [0.717, 1.165) is 24.4 Å². The fourth-order valence-corrected chi connectivity index (χ4v) is 2.05. The van der Waals surface area contributed by atoms with Crippen LogP contribution in [0.25, 0.3) is 0 Å². The SMILES string of the molecule is C=C(CS)Cn1ncc(N2CCCC2)cc1=O. The van der Waals surface area contributed by atoms with Gasteiger partial charge in [-0.2, -0.15) is 17.7 Å². The molecule has 1 aromatic heterocycles. The van der Waals surface area contributed by atoms with Crippen LogP contribution < -0.4 is 10.5 Å². The van der Waals surface area contributed by atoms with Gasteiger partial charge in [0.15, 0.2) is 0 Å². The molecule has 0 aromatic carbocycles. The van der Waals surface area contributed by atoms with E-state index >= 15 is 0 Å². The van der Waals surface area contributed by atoms with Crippen molar-refractivity contribution in [1.29, 1.82) is 0 Å². The third-order valence-corrected chi connectivity index (χ3v) is 3.37. The third-order valence-electron chi connectivity index (χ3n) is 2.92. The monoisotopic (exact) mass is 251 g/mol. The van der Waals surface area contributed by atoms with Gasteiger partial charge in [0.2, 0.25) is 0 Å². The average molecular weight is 251 g/mol. The van der Waals surface area contributed by atoms with Crippen molar-refractivity contribution in [3.63, 3.8) is 0 Å². The quantitative estimate of drug-likeness (QED) is 0.648. The molecule has 0 spiro atoms. The Bertz CT molecular complexity index is 463. The molecule has 1 aromatic rings. The van der Waals surface area contributed by atoms with Gasteiger partial charge in [-0.05, 0) is 18.4 Å². The van der Waals surface area contributed by atoms with Crippen LogP contribution in [0.1, 0.15) is 12.8 Å². The molecule has 0 saturated carbocycles. The smallest absolute Gasteiger partial charge is 0.269 e. The fourth-order valence-electron chi connectivity index (χ4n) is 1.95. The highest BCUT2D eigenvalue weighted by molar-refractivity contribution is 7.80. The lowest BCUT2D eigenvalue weighted by Crippen LogP contribution is -2.26. The van der Waals surface area contributed by atoms with Gasteiger partial charge in [0.05, 0.1) is 18.4 Å². The van der Waals surface area contributed by atoms with Crippen LogP contribution in [0.4, 0.5) is 5.69 Å². The lowest BCUT2D eigenvalue weighted by Gasteiger charge is -2.17. The molecule has 0 N–H and O–H groups in total. The highest BCUT2D eigenvalue weighted by Gasteiger charge is 2.13. The van der Waals surface area contributed by atoms with Gasteiger partial charge in [-0.3, -0.25) is 4.79 Å². The standard InChI is InChI=1S/C12H17N3OS/c1-10(9-17)8-15-12(16)6-11(7-13-15)14-4-2-3-5-14/h6-7,17H,1-5,8-9H2. The van der Waals surface area contributed by atoms with E-state index in [0.29, 0.717) is 12.3 Å². The Balaban J connectivity index is 2.16. The van der Waals surface area contributed by atoms with Gasteiger partial charge in [0.1, 0.15) is 0 Å². The molecular formula is C12H17N3OS. The summed E-state index contributed by atoms with van der Waals surface area (Å²) in [5.41, 5.74) is 1.74. The van der Waals surface area contributed by atoms with Crippen molar-refractivity contribution in [2.45, 2.75) is 19.4 Å². The van der Waals surface area contributed by atoms with E-state index in [4.69, 9.17) is 0 Å². The summed E-state index contributed by atoms with van der Waals surface area (Å²) in [5.74, 6) is 0.571. The van der Waals surface area contributed by atoms with Gasteiger partial charge in [-0.15, -0.1) is 0 Å². The molecule has 0 bridgehead atoms. The van der Waals surface area contributed by atoms with Crippen molar-refractivity contribution >= 4 is 18.3 Å². The van der Waals surface area contributed by atoms with Crippen LogP contribution in [0.2, 0.25) is 0 Å². The number of hydrogen-bond acceptors (Lipinski definition) is 4. The molecule has 1 aliphatic rings. The second kappa shape index (κ2) is 5.40. The van der Waals surface area contributed by atoms with E-state index in [-0.39, 0.29) is 5.56 Å². The first-order chi connectivity index (χ1) is 8.20. The molecule has 1 aliphatic heterocycles. The van der Waals surface area contributed by atoms with Gasteiger partial charge in [-0.1, -0.05) is 6.58 Å². The largest absolute Gasteiger partial charge is 0.370 e. The molecule has 0 radical (unpaired) electrons. The maximum Gasteiger partial charge on any atom is 0.269 e. The minimum Gasteiger partial charge on any atom is -0.370 e. The Labute approximate surface area is 106 Å². The van der Waals surface area contributed by atoms with Crippen LogP contribution in [0.15, 0.2) is 29.2 Å². The van der Waals surface area contributed by atoms with Gasteiger partial charge < -0.3 is 4.90 Å². The third kappa shape index (κ3) is 2.91. The second-order valence-corrected chi connectivity index (χ2v) is 4.63. The molecule has 1 fully saturated rings. The van der Waals surface area contributed by atoms with Crippen molar-refractivity contribution < 1.29 is 0 Å². The molecule has 0 amide bonds. The van der Waals surface area contributed by atoms with Crippen molar-refractivity contribution in [2.75, 3.05) is 23.7 Å². The Morgan fingerprint density at radius 2 is 2.18 bits per heavy atom. The van der Waals surface area contributed by atoms with Crippen molar-refractivity contribution in [1.82, 2.24) is 9.78 Å². The van der Waals surface area contributed by atoms with Crippen LogP contribution in [-0.4, -0.2) is 28.6 Å². The van der Waals surface area contributed by atoms with Crippen LogP contribution in [0.3, 0.4) is 0 Å². The summed E-state index contributed by atoms with van der Waals surface area (Å²) < 4.78 is 1.43. The molecule has 92 valence electrons. The summed E-state index contributed by atoms with van der Waals surface area (Å²) >= 11 is 4.12. The van der Waals surface area contributed by atoms with E-state index in [9.17, 15) is 4.79 Å². The first-order valence-electron chi connectivity index (χ1n) is 5.80. The summed E-state index contributed by atoms with van der Waals surface area (Å²) in [6.45, 7) is 6.31. The molecule has 17 heavy (non-hydrogen) atoms. The summed E-state index contributed by atoms with van der Waals surface area (Å²) in [7, 11) is 0. The zero-order valence-electron chi connectivity index (χ0n) is 9.80. The van der Waals surface area contributed by atoms with E-state index in [2.05, 4.69) is 29.2 Å². The summed E-state index contributed by atoms with van der Waals surface area (Å²) in [6, 6.07) is 1.66. The predicted molar refractivity (Wildman–Crippen MR) is 72.9 cm³/mol. The zero-order valence-corrected chi connectivity index (χ0v) is 10.7. The van der Waals surface area contributed by atoms with Gasteiger partial charge in [-0.25, -0.2) is 4.68 Å².